The molecule has 0 aliphatic carbocycles. The summed E-state index contributed by atoms with van der Waals surface area (Å²) < 4.78 is 17.6. The first-order valence-electron chi connectivity index (χ1n) is 20.9. The minimum Gasteiger partial charge on any atom is -0.495 e. The molecule has 16 heteroatoms. The van der Waals surface area contributed by atoms with Gasteiger partial charge in [0, 0.05) is 31.8 Å². The van der Waals surface area contributed by atoms with E-state index in [1.165, 1.54) is 13.2 Å². The molecule has 61 heavy (non-hydrogen) atoms. The van der Waals surface area contributed by atoms with Crippen molar-refractivity contribution in [3.63, 3.8) is 0 Å². The van der Waals surface area contributed by atoms with E-state index in [1.54, 1.807) is 45.0 Å². The molecule has 1 saturated heterocycles. The van der Waals surface area contributed by atoms with Crippen LogP contribution >= 0.6 is 11.6 Å². The number of methoxy groups -OCH3 is 1. The van der Waals surface area contributed by atoms with E-state index in [-0.39, 0.29) is 67.7 Å². The second-order valence-corrected chi connectivity index (χ2v) is 17.9. The van der Waals surface area contributed by atoms with Crippen LogP contribution in [0.25, 0.3) is 0 Å². The van der Waals surface area contributed by atoms with Gasteiger partial charge in [0.1, 0.15) is 36.1 Å². The molecule has 1 fully saturated rings. The molecule has 2 aromatic carbocycles. The Morgan fingerprint density at radius 2 is 1.62 bits per heavy atom. The monoisotopic (exact) mass is 866 g/mol. The summed E-state index contributed by atoms with van der Waals surface area (Å²) in [5.74, 6) is -2.73. The molecule has 15 nitrogen and oxygen atoms in total. The van der Waals surface area contributed by atoms with Crippen LogP contribution in [-0.4, -0.2) is 85.5 Å². The zero-order valence-corrected chi connectivity index (χ0v) is 37.4. The number of halogens is 1. The summed E-state index contributed by atoms with van der Waals surface area (Å²) in [5.41, 5.74) is 7.17. The van der Waals surface area contributed by atoms with Crippen LogP contribution in [-0.2, 0) is 51.2 Å². The first kappa shape index (κ1) is 48.7. The first-order chi connectivity index (χ1) is 28.7. The average Bonchev–Trinajstić information content (AvgIpc) is 4.01. The standard InChI is InChI=1S/C45H63ClN6O9/c1-24(2)19-33-43(57)60-34(26(5)38-39(61-38)30-16-13-28(14-17-30)22-48-40(54)27(6)50-42(56)37(47)25(3)4)11-10-12-36(53)51-32(21-29-15-18-35(59-9)31(46)20-29)41(55)49-23-45(7,8)44(58)52-33/h10,12-18,20,24-27,32-34,37-39H,11,19,21-23,47H2,1-9H3,(H,48,54)(H,49,55)(H,50,56)(H,51,53)(H,52,58)/t26-,27-,32+,33-,34-,37-,38+,39+/m0/s1. The number of hydrogen-bond acceptors (Lipinski definition) is 10. The maximum Gasteiger partial charge on any atom is 0.328 e. The lowest BCUT2D eigenvalue weighted by atomic mass is 9.90. The van der Waals surface area contributed by atoms with Crippen LogP contribution < -0.4 is 37.1 Å². The Bertz CT molecular complexity index is 1920. The molecule has 2 heterocycles. The summed E-state index contributed by atoms with van der Waals surface area (Å²) in [6.45, 7) is 14.5. The average molecular weight is 867 g/mol. The molecule has 4 rings (SSSR count). The van der Waals surface area contributed by atoms with Gasteiger partial charge in [0.25, 0.3) is 0 Å². The zero-order chi connectivity index (χ0) is 45.2. The van der Waals surface area contributed by atoms with Gasteiger partial charge in [0.05, 0.1) is 29.7 Å². The van der Waals surface area contributed by atoms with Crippen molar-refractivity contribution >= 4 is 47.1 Å². The van der Waals surface area contributed by atoms with E-state index in [1.807, 2.05) is 58.9 Å². The third kappa shape index (κ3) is 14.0. The summed E-state index contributed by atoms with van der Waals surface area (Å²) in [7, 11) is 1.50. The highest BCUT2D eigenvalue weighted by molar-refractivity contribution is 6.32. The van der Waals surface area contributed by atoms with Crippen LogP contribution in [0.3, 0.4) is 0 Å². The van der Waals surface area contributed by atoms with E-state index in [4.69, 9.17) is 31.5 Å². The van der Waals surface area contributed by atoms with E-state index in [2.05, 4.69) is 26.6 Å². The third-order valence-corrected chi connectivity index (χ3v) is 11.3. The summed E-state index contributed by atoms with van der Waals surface area (Å²) in [6.07, 6.45) is 2.10. The predicted molar refractivity (Wildman–Crippen MR) is 231 cm³/mol. The van der Waals surface area contributed by atoms with Crippen LogP contribution in [0.2, 0.25) is 5.02 Å². The number of epoxide rings is 1. The Morgan fingerprint density at radius 1 is 0.951 bits per heavy atom. The zero-order valence-electron chi connectivity index (χ0n) is 36.6. The van der Waals surface area contributed by atoms with Gasteiger partial charge in [0.15, 0.2) is 0 Å². The van der Waals surface area contributed by atoms with E-state index < -0.39 is 59.4 Å². The predicted octanol–water partition coefficient (Wildman–Crippen LogP) is 3.80. The number of nitrogens with two attached hydrogens (primary N) is 1. The largest absolute Gasteiger partial charge is 0.495 e. The fourth-order valence-corrected chi connectivity index (χ4v) is 7.09. The van der Waals surface area contributed by atoms with Crippen LogP contribution in [0.1, 0.15) is 91.0 Å². The minimum absolute atomic E-state index is 0.0308. The minimum atomic E-state index is -1.14. The first-order valence-corrected chi connectivity index (χ1v) is 21.2. The van der Waals surface area contributed by atoms with Crippen LogP contribution in [0.4, 0.5) is 0 Å². The number of amides is 5. The highest BCUT2D eigenvalue weighted by Crippen LogP contribution is 2.45. The molecule has 5 amide bonds. The summed E-state index contributed by atoms with van der Waals surface area (Å²) in [4.78, 5) is 79.5. The number of cyclic esters (lactones) is 1. The van der Waals surface area contributed by atoms with Gasteiger partial charge in [-0.25, -0.2) is 4.79 Å². The van der Waals surface area contributed by atoms with Crippen LogP contribution in [0.5, 0.6) is 5.75 Å². The van der Waals surface area contributed by atoms with Gasteiger partial charge < -0.3 is 46.5 Å². The fourth-order valence-electron chi connectivity index (χ4n) is 6.81. The van der Waals surface area contributed by atoms with E-state index >= 15 is 0 Å². The third-order valence-electron chi connectivity index (χ3n) is 11.0. The normalized spacial score (nSPS) is 23.8. The van der Waals surface area contributed by atoms with Gasteiger partial charge in [-0.2, -0.15) is 0 Å². The number of nitrogens with one attached hydrogen (secondary N) is 5. The maximum absolute atomic E-state index is 13.9. The molecule has 8 atom stereocenters. The second-order valence-electron chi connectivity index (χ2n) is 17.4. The smallest absolute Gasteiger partial charge is 0.328 e. The molecule has 2 aromatic rings. The highest BCUT2D eigenvalue weighted by Gasteiger charge is 2.48. The van der Waals surface area contributed by atoms with Gasteiger partial charge in [-0.3, -0.25) is 24.0 Å². The Morgan fingerprint density at radius 3 is 2.25 bits per heavy atom. The van der Waals surface area contributed by atoms with E-state index in [9.17, 15) is 28.8 Å². The number of benzene rings is 2. The topological polar surface area (TPSA) is 220 Å². The molecule has 2 aliphatic rings. The lowest BCUT2D eigenvalue weighted by molar-refractivity contribution is -0.157. The van der Waals surface area contributed by atoms with Crippen LogP contribution in [0, 0.1) is 23.2 Å². The van der Waals surface area contributed by atoms with E-state index in [0.717, 1.165) is 11.1 Å². The molecule has 0 saturated carbocycles. The summed E-state index contributed by atoms with van der Waals surface area (Å²) >= 11 is 6.36. The number of rotatable bonds is 14. The molecule has 334 valence electrons. The molecule has 7 N–H and O–H groups in total. The van der Waals surface area contributed by atoms with Gasteiger partial charge in [-0.1, -0.05) is 82.6 Å². The second kappa shape index (κ2) is 21.7. The molecule has 2 aliphatic heterocycles. The van der Waals surface area contributed by atoms with Gasteiger partial charge >= 0.3 is 5.97 Å². The maximum atomic E-state index is 13.9. The fraction of sp³-hybridized carbons (Fsp3) is 0.556. The van der Waals surface area contributed by atoms with Crippen LogP contribution in [0.15, 0.2) is 54.6 Å². The van der Waals surface area contributed by atoms with Crippen molar-refractivity contribution in [1.29, 1.82) is 0 Å². The molecule has 0 spiro atoms. The van der Waals surface area contributed by atoms with Crippen molar-refractivity contribution in [2.75, 3.05) is 13.7 Å². The molecule has 0 unspecified atom stereocenters. The molecule has 0 aromatic heterocycles. The lowest BCUT2D eigenvalue weighted by Crippen LogP contribution is -2.54. The van der Waals surface area contributed by atoms with Crippen molar-refractivity contribution < 1.29 is 43.0 Å². The van der Waals surface area contributed by atoms with Crippen molar-refractivity contribution in [1.82, 2.24) is 26.6 Å². The SMILES string of the molecule is COc1ccc(C[C@H]2NC(=O)C=CC[C@@H]([C@H](C)[C@H]3O[C@@H]3c3ccc(CNC(=O)[C@H](C)NC(=O)[C@@H](N)C(C)C)cc3)OC(=O)[C@H](CC(C)C)NC(=O)C(C)(C)CNC2=O)cc1Cl. The molecular weight excluding hydrogens is 804 g/mol. The highest BCUT2D eigenvalue weighted by atomic mass is 35.5. The van der Waals surface area contributed by atoms with Gasteiger partial charge in [-0.05, 0) is 73.9 Å². The lowest BCUT2D eigenvalue weighted by Gasteiger charge is -2.30. The Balaban J connectivity index is 1.49. The van der Waals surface area contributed by atoms with Crippen molar-refractivity contribution in [3.05, 3.63) is 76.3 Å². The molecule has 0 radical (unpaired) electrons. The Labute approximate surface area is 364 Å². The van der Waals surface area contributed by atoms with Crippen molar-refractivity contribution in [3.8, 4) is 5.75 Å². The molecule has 0 bridgehead atoms. The molecular formula is C45H63ClN6O9. The van der Waals surface area contributed by atoms with Gasteiger partial charge in [0.2, 0.25) is 29.5 Å². The Hall–Kier alpha value is -4.99. The summed E-state index contributed by atoms with van der Waals surface area (Å²) in [5, 5.41) is 14.3. The Kier molecular flexibility index (Phi) is 17.3. The number of carbonyl (C=O) groups excluding carboxylic acids is 6. The number of hydrogen-bond donors (Lipinski definition) is 6. The van der Waals surface area contributed by atoms with Gasteiger partial charge in [-0.15, -0.1) is 0 Å². The quantitative estimate of drug-likeness (QED) is 0.119. The summed E-state index contributed by atoms with van der Waals surface area (Å²) in [6, 6.07) is 9.22. The number of ether oxygens (including phenoxy) is 3. The van der Waals surface area contributed by atoms with E-state index in [0.29, 0.717) is 22.8 Å². The van der Waals surface area contributed by atoms with Crippen molar-refractivity contribution in [2.24, 2.45) is 28.9 Å². The number of esters is 1. The van der Waals surface area contributed by atoms with Crippen molar-refractivity contribution in [2.45, 2.75) is 124 Å². The number of carbonyl (C=O) groups is 6.